The molecule has 1 unspecified atom stereocenters. The van der Waals surface area contributed by atoms with E-state index in [0.717, 1.165) is 55.2 Å². The molecule has 29 heavy (non-hydrogen) atoms. The smallest absolute Gasteiger partial charge is 0.194 e. The fourth-order valence-electron chi connectivity index (χ4n) is 3.78. The normalized spacial score (nSPS) is 15.8. The molecule has 1 fully saturated rings. The van der Waals surface area contributed by atoms with Crippen LogP contribution in [0.1, 0.15) is 36.8 Å². The van der Waals surface area contributed by atoms with Gasteiger partial charge in [-0.25, -0.2) is 0 Å². The molecule has 1 aliphatic heterocycles. The van der Waals surface area contributed by atoms with Crippen LogP contribution in [0.15, 0.2) is 33.8 Å². The van der Waals surface area contributed by atoms with Crippen LogP contribution in [0.2, 0.25) is 5.02 Å². The summed E-state index contributed by atoms with van der Waals surface area (Å²) in [7, 11) is 0. The van der Waals surface area contributed by atoms with Crippen LogP contribution in [0.3, 0.4) is 0 Å². The highest BCUT2D eigenvalue weighted by Crippen LogP contribution is 2.24. The highest BCUT2D eigenvalue weighted by Gasteiger charge is 2.21. The van der Waals surface area contributed by atoms with E-state index < -0.39 is 0 Å². The summed E-state index contributed by atoms with van der Waals surface area (Å²) in [5.74, 6) is 2.14. The first-order chi connectivity index (χ1) is 13.5. The van der Waals surface area contributed by atoms with Gasteiger partial charge in [0.25, 0.3) is 0 Å². The first-order valence-corrected chi connectivity index (χ1v) is 10.3. The largest absolute Gasteiger partial charge is 0.368 e. The van der Waals surface area contributed by atoms with E-state index in [1.807, 2.05) is 32.0 Å². The maximum absolute atomic E-state index is 6.14. The summed E-state index contributed by atoms with van der Waals surface area (Å²) in [6, 6.07) is 8.07. The number of rotatable bonds is 5. The molecule has 2 aromatic rings. The molecule has 0 aliphatic carbocycles. The minimum atomic E-state index is 0. The van der Waals surface area contributed by atoms with E-state index in [0.29, 0.717) is 6.54 Å². The number of guanidine groups is 1. The zero-order valence-corrected chi connectivity index (χ0v) is 20.7. The summed E-state index contributed by atoms with van der Waals surface area (Å²) in [5.41, 5.74) is 3.31. The van der Waals surface area contributed by atoms with Gasteiger partial charge >= 0.3 is 0 Å². The Morgan fingerprint density at radius 1 is 1.28 bits per heavy atom. The van der Waals surface area contributed by atoms with Gasteiger partial charge in [-0.05, 0) is 39.0 Å². The van der Waals surface area contributed by atoms with Gasteiger partial charge < -0.3 is 19.6 Å². The second kappa shape index (κ2) is 11.1. The predicted octanol–water partition coefficient (Wildman–Crippen LogP) is 4.45. The summed E-state index contributed by atoms with van der Waals surface area (Å²) >= 11 is 6.14. The molecule has 1 aliphatic rings. The third-order valence-corrected chi connectivity index (χ3v) is 5.42. The Morgan fingerprint density at radius 2 is 2.00 bits per heavy atom. The molecule has 1 atom stereocenters. The second-order valence-electron chi connectivity index (χ2n) is 7.29. The second-order valence-corrected chi connectivity index (χ2v) is 7.72. The molecule has 8 heteroatoms. The Hall–Kier alpha value is -1.48. The van der Waals surface area contributed by atoms with Gasteiger partial charge in [0.1, 0.15) is 5.76 Å². The average Bonchev–Trinajstić information content (AvgIpc) is 3.03. The first kappa shape index (κ1) is 23.8. The van der Waals surface area contributed by atoms with E-state index in [1.54, 1.807) is 0 Å². The molecule has 1 aromatic heterocycles. The van der Waals surface area contributed by atoms with Crippen LogP contribution in [0.4, 0.5) is 5.69 Å². The SMILES string of the molecule is CCNC(=NCC(C)c1c(C)noc1C)N1CCN(c2cccc(Cl)c2)CC1.I. The van der Waals surface area contributed by atoms with Gasteiger partial charge in [-0.2, -0.15) is 0 Å². The Morgan fingerprint density at radius 3 is 2.59 bits per heavy atom. The maximum atomic E-state index is 6.14. The van der Waals surface area contributed by atoms with Gasteiger partial charge in [-0.1, -0.05) is 29.7 Å². The lowest BCUT2D eigenvalue weighted by atomic mass is 10.00. The Balaban J connectivity index is 0.00000300. The fraction of sp³-hybridized carbons (Fsp3) is 0.524. The van der Waals surface area contributed by atoms with Gasteiger partial charge in [0.05, 0.1) is 5.69 Å². The van der Waals surface area contributed by atoms with Crippen LogP contribution in [-0.4, -0.2) is 55.3 Å². The van der Waals surface area contributed by atoms with Crippen molar-refractivity contribution in [3.63, 3.8) is 0 Å². The number of aliphatic imine (C=N–C) groups is 1. The van der Waals surface area contributed by atoms with Gasteiger partial charge in [-0.3, -0.25) is 4.99 Å². The Kier molecular flexibility index (Phi) is 9.07. The first-order valence-electron chi connectivity index (χ1n) is 9.96. The van der Waals surface area contributed by atoms with Crippen molar-refractivity contribution in [2.75, 3.05) is 44.2 Å². The molecular weight excluding hydrogens is 501 g/mol. The van der Waals surface area contributed by atoms with Crippen molar-refractivity contribution in [2.24, 2.45) is 4.99 Å². The minimum absolute atomic E-state index is 0. The highest BCUT2D eigenvalue weighted by atomic mass is 127. The van der Waals surface area contributed by atoms with Crippen LogP contribution >= 0.6 is 35.6 Å². The zero-order chi connectivity index (χ0) is 20.1. The van der Waals surface area contributed by atoms with E-state index in [4.69, 9.17) is 21.1 Å². The van der Waals surface area contributed by atoms with Crippen LogP contribution in [0.5, 0.6) is 0 Å². The van der Waals surface area contributed by atoms with E-state index in [-0.39, 0.29) is 29.9 Å². The summed E-state index contributed by atoms with van der Waals surface area (Å²) in [6.07, 6.45) is 0. The number of hydrogen-bond donors (Lipinski definition) is 1. The zero-order valence-electron chi connectivity index (χ0n) is 17.6. The molecule has 3 rings (SSSR count). The molecular formula is C21H31ClIN5O. The van der Waals surface area contributed by atoms with Crippen molar-refractivity contribution in [1.82, 2.24) is 15.4 Å². The van der Waals surface area contributed by atoms with Gasteiger partial charge in [0.2, 0.25) is 0 Å². The van der Waals surface area contributed by atoms with E-state index in [2.05, 4.69) is 40.2 Å². The Labute approximate surface area is 195 Å². The quantitative estimate of drug-likeness (QED) is 0.351. The van der Waals surface area contributed by atoms with Gasteiger partial charge in [-0.15, -0.1) is 24.0 Å². The van der Waals surface area contributed by atoms with Gasteiger partial charge in [0, 0.05) is 61.5 Å². The van der Waals surface area contributed by atoms with Crippen molar-refractivity contribution in [3.8, 4) is 0 Å². The fourth-order valence-corrected chi connectivity index (χ4v) is 3.97. The molecule has 0 radical (unpaired) electrons. The van der Waals surface area contributed by atoms with Crippen molar-refractivity contribution in [2.45, 2.75) is 33.6 Å². The topological polar surface area (TPSA) is 56.9 Å². The number of halogens is 2. The molecule has 0 saturated carbocycles. The number of piperazine rings is 1. The number of hydrogen-bond acceptors (Lipinski definition) is 4. The van der Waals surface area contributed by atoms with Crippen LogP contribution in [0, 0.1) is 13.8 Å². The highest BCUT2D eigenvalue weighted by molar-refractivity contribution is 14.0. The van der Waals surface area contributed by atoms with Crippen molar-refractivity contribution < 1.29 is 4.52 Å². The number of aromatic nitrogens is 1. The summed E-state index contributed by atoms with van der Waals surface area (Å²) in [6.45, 7) is 13.6. The van der Waals surface area contributed by atoms with E-state index in [1.165, 1.54) is 11.3 Å². The van der Waals surface area contributed by atoms with Crippen molar-refractivity contribution in [1.29, 1.82) is 0 Å². The third-order valence-electron chi connectivity index (χ3n) is 5.18. The molecule has 0 spiro atoms. The summed E-state index contributed by atoms with van der Waals surface area (Å²) in [4.78, 5) is 9.62. The van der Waals surface area contributed by atoms with E-state index >= 15 is 0 Å². The molecule has 1 aromatic carbocycles. The number of nitrogens with one attached hydrogen (secondary N) is 1. The molecule has 160 valence electrons. The molecule has 1 N–H and O–H groups in total. The Bertz CT molecular complexity index is 798. The lowest BCUT2D eigenvalue weighted by Gasteiger charge is -2.37. The van der Waals surface area contributed by atoms with Crippen molar-refractivity contribution >= 4 is 47.2 Å². The predicted molar refractivity (Wildman–Crippen MR) is 131 cm³/mol. The maximum Gasteiger partial charge on any atom is 0.194 e. The minimum Gasteiger partial charge on any atom is -0.368 e. The summed E-state index contributed by atoms with van der Waals surface area (Å²) in [5, 5.41) is 8.29. The molecule has 0 amide bonds. The lowest BCUT2D eigenvalue weighted by Crippen LogP contribution is -2.52. The van der Waals surface area contributed by atoms with Crippen LogP contribution in [-0.2, 0) is 0 Å². The van der Waals surface area contributed by atoms with Crippen molar-refractivity contribution in [3.05, 3.63) is 46.3 Å². The number of aryl methyl sites for hydroxylation is 2. The molecule has 1 saturated heterocycles. The summed E-state index contributed by atoms with van der Waals surface area (Å²) < 4.78 is 5.31. The monoisotopic (exact) mass is 531 g/mol. The van der Waals surface area contributed by atoms with Gasteiger partial charge in [0.15, 0.2) is 5.96 Å². The average molecular weight is 532 g/mol. The molecule has 6 nitrogen and oxygen atoms in total. The number of anilines is 1. The number of benzene rings is 1. The molecule has 2 heterocycles. The van der Waals surface area contributed by atoms with Crippen LogP contribution in [0.25, 0.3) is 0 Å². The van der Waals surface area contributed by atoms with E-state index in [9.17, 15) is 0 Å². The standard InChI is InChI=1S/C21H30ClN5O.HI/c1-5-23-21(24-14-15(2)20-16(3)25-28-17(20)4)27-11-9-26(10-12-27)19-8-6-7-18(22)13-19;/h6-8,13,15H,5,9-12,14H2,1-4H3,(H,23,24);1H. The third kappa shape index (κ3) is 6.01. The number of nitrogens with zero attached hydrogens (tertiary/aromatic N) is 4. The lowest BCUT2D eigenvalue weighted by molar-refractivity contribution is 0.372. The van der Waals surface area contributed by atoms with Crippen LogP contribution < -0.4 is 10.2 Å². The molecule has 0 bridgehead atoms.